The van der Waals surface area contributed by atoms with Crippen LogP contribution < -0.4 is 4.74 Å². The van der Waals surface area contributed by atoms with Gasteiger partial charge in [0.2, 0.25) is 0 Å². The van der Waals surface area contributed by atoms with Gasteiger partial charge in [0.25, 0.3) is 0 Å². The SMILES string of the molecule is CC1CC(C)CC(Oc2ccc(/C=C/C(=O)O)cc2F)C1. The van der Waals surface area contributed by atoms with E-state index in [1.807, 2.05) is 0 Å². The van der Waals surface area contributed by atoms with Crippen LogP contribution in [0.25, 0.3) is 6.08 Å². The summed E-state index contributed by atoms with van der Waals surface area (Å²) in [6.45, 7) is 4.39. The van der Waals surface area contributed by atoms with Crippen LogP contribution in [-0.4, -0.2) is 17.2 Å². The standard InChI is InChI=1S/C17H21FO3/c1-11-7-12(2)9-14(8-11)21-16-5-3-13(10-15(16)18)4-6-17(19)20/h3-6,10-12,14H,7-9H2,1-2H3,(H,19,20)/b6-4+. The Morgan fingerprint density at radius 2 is 1.95 bits per heavy atom. The molecule has 0 aromatic heterocycles. The van der Waals surface area contributed by atoms with E-state index in [0.29, 0.717) is 17.4 Å². The zero-order valence-electron chi connectivity index (χ0n) is 12.4. The molecule has 4 heteroatoms. The first kappa shape index (κ1) is 15.5. The minimum absolute atomic E-state index is 0.0543. The van der Waals surface area contributed by atoms with E-state index in [9.17, 15) is 9.18 Å². The molecule has 0 radical (unpaired) electrons. The summed E-state index contributed by atoms with van der Waals surface area (Å²) in [4.78, 5) is 10.4. The molecule has 2 rings (SSSR count). The van der Waals surface area contributed by atoms with Crippen LogP contribution in [0, 0.1) is 17.7 Å². The molecular formula is C17H21FO3. The first-order chi connectivity index (χ1) is 9.94. The fourth-order valence-electron chi connectivity index (χ4n) is 3.03. The Kier molecular flexibility index (Phi) is 4.99. The molecule has 114 valence electrons. The lowest BCUT2D eigenvalue weighted by atomic mass is 9.82. The maximum Gasteiger partial charge on any atom is 0.328 e. The van der Waals surface area contributed by atoms with Crippen molar-refractivity contribution < 1.29 is 19.0 Å². The zero-order valence-corrected chi connectivity index (χ0v) is 12.4. The van der Waals surface area contributed by atoms with Gasteiger partial charge in [0.05, 0.1) is 6.10 Å². The Hall–Kier alpha value is -1.84. The van der Waals surface area contributed by atoms with E-state index in [1.165, 1.54) is 18.6 Å². The number of rotatable bonds is 4. The van der Waals surface area contributed by atoms with Gasteiger partial charge in [0.15, 0.2) is 11.6 Å². The summed E-state index contributed by atoms with van der Waals surface area (Å²) < 4.78 is 19.8. The average molecular weight is 292 g/mol. The lowest BCUT2D eigenvalue weighted by Crippen LogP contribution is -2.28. The first-order valence-electron chi connectivity index (χ1n) is 7.31. The molecule has 1 aromatic carbocycles. The molecule has 0 amide bonds. The molecule has 0 spiro atoms. The molecule has 1 aliphatic carbocycles. The lowest BCUT2D eigenvalue weighted by molar-refractivity contribution is -0.131. The van der Waals surface area contributed by atoms with Gasteiger partial charge in [-0.25, -0.2) is 9.18 Å². The predicted octanol–water partition coefficient (Wildman–Crippen LogP) is 4.13. The van der Waals surface area contributed by atoms with Crippen LogP contribution in [0.3, 0.4) is 0 Å². The summed E-state index contributed by atoms with van der Waals surface area (Å²) in [7, 11) is 0. The molecular weight excluding hydrogens is 271 g/mol. The molecule has 0 bridgehead atoms. The van der Waals surface area contributed by atoms with E-state index in [-0.39, 0.29) is 11.9 Å². The third kappa shape index (κ3) is 4.59. The summed E-state index contributed by atoms with van der Waals surface area (Å²) in [5.41, 5.74) is 0.507. The van der Waals surface area contributed by atoms with Crippen LogP contribution in [0.5, 0.6) is 5.75 Å². The molecule has 3 nitrogen and oxygen atoms in total. The van der Waals surface area contributed by atoms with Gasteiger partial charge in [0.1, 0.15) is 0 Å². The minimum Gasteiger partial charge on any atom is -0.487 e. The minimum atomic E-state index is -1.05. The summed E-state index contributed by atoms with van der Waals surface area (Å²) in [6, 6.07) is 4.53. The molecule has 1 saturated carbocycles. The zero-order chi connectivity index (χ0) is 15.4. The summed E-state index contributed by atoms with van der Waals surface area (Å²) in [5.74, 6) is -0.0673. The average Bonchev–Trinajstić information content (AvgIpc) is 2.38. The molecule has 1 aromatic rings. The highest BCUT2D eigenvalue weighted by molar-refractivity contribution is 5.85. The van der Waals surface area contributed by atoms with Crippen LogP contribution in [0.1, 0.15) is 38.7 Å². The topological polar surface area (TPSA) is 46.5 Å². The van der Waals surface area contributed by atoms with Crippen molar-refractivity contribution in [3.63, 3.8) is 0 Å². The van der Waals surface area contributed by atoms with Gasteiger partial charge >= 0.3 is 5.97 Å². The maximum atomic E-state index is 14.0. The largest absolute Gasteiger partial charge is 0.487 e. The van der Waals surface area contributed by atoms with Gasteiger partial charge in [-0.1, -0.05) is 19.9 Å². The normalized spacial score (nSPS) is 26.0. The quantitative estimate of drug-likeness (QED) is 0.849. The Morgan fingerprint density at radius 1 is 1.29 bits per heavy atom. The Balaban J connectivity index is 2.05. The van der Waals surface area contributed by atoms with Gasteiger partial charge in [-0.15, -0.1) is 0 Å². The van der Waals surface area contributed by atoms with Gasteiger partial charge in [-0.3, -0.25) is 0 Å². The van der Waals surface area contributed by atoms with Crippen molar-refractivity contribution in [1.29, 1.82) is 0 Å². The fourth-order valence-corrected chi connectivity index (χ4v) is 3.03. The number of hydrogen-bond donors (Lipinski definition) is 1. The van der Waals surface area contributed by atoms with Gasteiger partial charge in [-0.05, 0) is 54.9 Å². The number of benzene rings is 1. The number of carboxylic acid groups (broad SMARTS) is 1. The van der Waals surface area contributed by atoms with E-state index in [1.54, 1.807) is 12.1 Å². The molecule has 1 fully saturated rings. The Bertz CT molecular complexity index is 529. The van der Waals surface area contributed by atoms with Crippen LogP contribution in [0.2, 0.25) is 0 Å². The highest BCUT2D eigenvalue weighted by Crippen LogP contribution is 2.32. The molecule has 1 N–H and O–H groups in total. The summed E-state index contributed by atoms with van der Waals surface area (Å²) in [6.07, 6.45) is 5.49. The monoisotopic (exact) mass is 292 g/mol. The number of hydrogen-bond acceptors (Lipinski definition) is 2. The molecule has 2 unspecified atom stereocenters. The number of aliphatic carboxylic acids is 1. The van der Waals surface area contributed by atoms with Crippen molar-refractivity contribution >= 4 is 12.0 Å². The van der Waals surface area contributed by atoms with E-state index < -0.39 is 11.8 Å². The van der Waals surface area contributed by atoms with E-state index >= 15 is 0 Å². The fraction of sp³-hybridized carbons (Fsp3) is 0.471. The van der Waals surface area contributed by atoms with E-state index in [0.717, 1.165) is 18.9 Å². The molecule has 0 aliphatic heterocycles. The van der Waals surface area contributed by atoms with Crippen LogP contribution in [0.4, 0.5) is 4.39 Å². The van der Waals surface area contributed by atoms with Crippen molar-refractivity contribution in [3.8, 4) is 5.75 Å². The van der Waals surface area contributed by atoms with Crippen LogP contribution in [-0.2, 0) is 4.79 Å². The van der Waals surface area contributed by atoms with Crippen molar-refractivity contribution in [1.82, 2.24) is 0 Å². The van der Waals surface area contributed by atoms with E-state index in [2.05, 4.69) is 13.8 Å². The van der Waals surface area contributed by atoms with Gasteiger partial charge < -0.3 is 9.84 Å². The van der Waals surface area contributed by atoms with Crippen molar-refractivity contribution in [2.45, 2.75) is 39.2 Å². The van der Waals surface area contributed by atoms with Gasteiger partial charge in [-0.2, -0.15) is 0 Å². The molecule has 1 aliphatic rings. The second-order valence-electron chi connectivity index (χ2n) is 6.02. The smallest absolute Gasteiger partial charge is 0.328 e. The van der Waals surface area contributed by atoms with Crippen molar-refractivity contribution in [3.05, 3.63) is 35.7 Å². The molecule has 0 heterocycles. The summed E-state index contributed by atoms with van der Waals surface area (Å²) >= 11 is 0. The number of carbonyl (C=O) groups is 1. The number of ether oxygens (including phenoxy) is 1. The van der Waals surface area contributed by atoms with Gasteiger partial charge in [0, 0.05) is 6.08 Å². The van der Waals surface area contributed by atoms with Crippen LogP contribution >= 0.6 is 0 Å². The van der Waals surface area contributed by atoms with E-state index in [4.69, 9.17) is 9.84 Å². The highest BCUT2D eigenvalue weighted by Gasteiger charge is 2.25. The Morgan fingerprint density at radius 3 is 2.52 bits per heavy atom. The number of halogens is 1. The second kappa shape index (κ2) is 6.74. The number of carboxylic acids is 1. The Labute approximate surface area is 124 Å². The third-order valence-corrected chi connectivity index (χ3v) is 3.80. The second-order valence-corrected chi connectivity index (χ2v) is 6.02. The summed E-state index contributed by atoms with van der Waals surface area (Å²) in [5, 5.41) is 8.56. The van der Waals surface area contributed by atoms with Crippen molar-refractivity contribution in [2.24, 2.45) is 11.8 Å². The molecule has 2 atom stereocenters. The van der Waals surface area contributed by atoms with Crippen LogP contribution in [0.15, 0.2) is 24.3 Å². The predicted molar refractivity (Wildman–Crippen MR) is 79.7 cm³/mol. The molecule has 0 saturated heterocycles. The molecule has 21 heavy (non-hydrogen) atoms. The maximum absolute atomic E-state index is 14.0. The third-order valence-electron chi connectivity index (χ3n) is 3.80. The highest BCUT2D eigenvalue weighted by atomic mass is 19.1. The lowest BCUT2D eigenvalue weighted by Gasteiger charge is -2.31. The van der Waals surface area contributed by atoms with Crippen molar-refractivity contribution in [2.75, 3.05) is 0 Å². The first-order valence-corrected chi connectivity index (χ1v) is 7.31.